The summed E-state index contributed by atoms with van der Waals surface area (Å²) < 4.78 is 9.65. The van der Waals surface area contributed by atoms with Crippen molar-refractivity contribution in [2.24, 2.45) is 0 Å². The second-order valence-corrected chi connectivity index (χ2v) is 2.34. The van der Waals surface area contributed by atoms with Crippen molar-refractivity contribution in [1.82, 2.24) is 0 Å². The van der Waals surface area contributed by atoms with Crippen LogP contribution in [0.4, 0.5) is 0 Å². The first-order valence-corrected chi connectivity index (χ1v) is 3.41. The van der Waals surface area contributed by atoms with E-state index in [1.165, 1.54) is 0 Å². The molecule has 1 unspecified atom stereocenters. The fourth-order valence-corrected chi connectivity index (χ4v) is 1.08. The summed E-state index contributed by atoms with van der Waals surface area (Å²) in [6.45, 7) is -1.29. The van der Waals surface area contributed by atoms with Crippen LogP contribution in [0, 0.1) is 0 Å². The van der Waals surface area contributed by atoms with Crippen LogP contribution in [0.5, 0.6) is 11.5 Å². The second kappa shape index (κ2) is 2.49. The van der Waals surface area contributed by atoms with Gasteiger partial charge in [-0.05, 0) is 12.1 Å². The average Bonchev–Trinajstić information content (AvgIpc) is 2.44. The van der Waals surface area contributed by atoms with Crippen molar-refractivity contribution in [2.75, 3.05) is 0 Å². The standard InChI is InChI=1S/C8H6O4/c9-4-5-2-1-3-6-7(5)12-8(10)11-6/h1-4,8,10H. The molecule has 0 saturated heterocycles. The molecule has 2 rings (SSSR count). The largest absolute Gasteiger partial charge is 0.428 e. The topological polar surface area (TPSA) is 55.8 Å². The van der Waals surface area contributed by atoms with Crippen LogP contribution in [-0.2, 0) is 0 Å². The Bertz CT molecular complexity index is 321. The molecule has 0 aliphatic carbocycles. The third-order valence-electron chi connectivity index (χ3n) is 1.58. The molecule has 0 radical (unpaired) electrons. The Hall–Kier alpha value is -1.55. The first-order chi connectivity index (χ1) is 5.81. The molecule has 1 aromatic carbocycles. The zero-order valence-corrected chi connectivity index (χ0v) is 6.06. The zero-order valence-electron chi connectivity index (χ0n) is 6.06. The van der Waals surface area contributed by atoms with Gasteiger partial charge in [-0.25, -0.2) is 0 Å². The van der Waals surface area contributed by atoms with Crippen LogP contribution in [-0.4, -0.2) is 17.9 Å². The SMILES string of the molecule is O=Cc1cccc2c1OC(O)O2. The van der Waals surface area contributed by atoms with Crippen LogP contribution >= 0.6 is 0 Å². The van der Waals surface area contributed by atoms with Crippen LogP contribution in [0.1, 0.15) is 10.4 Å². The fraction of sp³-hybridized carbons (Fsp3) is 0.125. The van der Waals surface area contributed by atoms with Crippen molar-refractivity contribution < 1.29 is 19.4 Å². The van der Waals surface area contributed by atoms with Crippen LogP contribution in [0.2, 0.25) is 0 Å². The molecule has 0 amide bonds. The Balaban J connectivity index is 2.51. The van der Waals surface area contributed by atoms with Gasteiger partial charge in [0.2, 0.25) is 0 Å². The van der Waals surface area contributed by atoms with E-state index in [4.69, 9.17) is 14.6 Å². The molecule has 0 spiro atoms. The predicted molar refractivity (Wildman–Crippen MR) is 39.1 cm³/mol. The van der Waals surface area contributed by atoms with Gasteiger partial charge in [0.05, 0.1) is 5.56 Å². The molecule has 0 saturated carbocycles. The number of fused-ring (bicyclic) bond motifs is 1. The first-order valence-electron chi connectivity index (χ1n) is 3.41. The van der Waals surface area contributed by atoms with E-state index in [2.05, 4.69) is 0 Å². The summed E-state index contributed by atoms with van der Waals surface area (Å²) in [5.41, 5.74) is 0.379. The molecular weight excluding hydrogens is 160 g/mol. The average molecular weight is 166 g/mol. The summed E-state index contributed by atoms with van der Waals surface area (Å²) in [5.74, 6) is 0.701. The normalized spacial score (nSPS) is 19.2. The van der Waals surface area contributed by atoms with Gasteiger partial charge in [0.1, 0.15) is 0 Å². The molecule has 4 nitrogen and oxygen atoms in total. The molecule has 0 aromatic heterocycles. The number of hydrogen-bond acceptors (Lipinski definition) is 4. The molecule has 1 aliphatic heterocycles. The Morgan fingerprint density at radius 3 is 3.00 bits per heavy atom. The summed E-state index contributed by atoms with van der Waals surface area (Å²) in [6.07, 6.45) is 0.653. The number of carbonyl (C=O) groups is 1. The van der Waals surface area contributed by atoms with Gasteiger partial charge in [0.25, 0.3) is 0 Å². The van der Waals surface area contributed by atoms with E-state index in [1.807, 2.05) is 0 Å². The maximum absolute atomic E-state index is 10.5. The van der Waals surface area contributed by atoms with Crippen molar-refractivity contribution >= 4 is 6.29 Å². The van der Waals surface area contributed by atoms with Crippen molar-refractivity contribution in [3.63, 3.8) is 0 Å². The number of aliphatic hydroxyl groups is 1. The van der Waals surface area contributed by atoms with E-state index in [0.717, 1.165) is 0 Å². The molecular formula is C8H6O4. The minimum absolute atomic E-state index is 0.306. The van der Waals surface area contributed by atoms with Gasteiger partial charge in [-0.3, -0.25) is 4.79 Å². The van der Waals surface area contributed by atoms with Gasteiger partial charge < -0.3 is 14.6 Å². The second-order valence-electron chi connectivity index (χ2n) is 2.34. The Labute approximate surface area is 68.3 Å². The number of para-hydroxylation sites is 1. The maximum atomic E-state index is 10.5. The van der Waals surface area contributed by atoms with Crippen molar-refractivity contribution in [3.8, 4) is 11.5 Å². The smallest absolute Gasteiger partial charge is 0.358 e. The van der Waals surface area contributed by atoms with Gasteiger partial charge in [-0.1, -0.05) is 6.07 Å². The molecule has 12 heavy (non-hydrogen) atoms. The summed E-state index contributed by atoms with van der Waals surface area (Å²) in [7, 11) is 0. The van der Waals surface area contributed by atoms with Gasteiger partial charge in [0, 0.05) is 0 Å². The van der Waals surface area contributed by atoms with E-state index < -0.39 is 6.48 Å². The highest BCUT2D eigenvalue weighted by atomic mass is 16.8. The van der Waals surface area contributed by atoms with Gasteiger partial charge in [-0.2, -0.15) is 0 Å². The Morgan fingerprint density at radius 1 is 1.42 bits per heavy atom. The molecule has 1 aromatic rings. The lowest BCUT2D eigenvalue weighted by Gasteiger charge is -1.99. The molecule has 1 N–H and O–H groups in total. The monoisotopic (exact) mass is 166 g/mol. The highest BCUT2D eigenvalue weighted by Crippen LogP contribution is 2.36. The van der Waals surface area contributed by atoms with E-state index in [1.54, 1.807) is 18.2 Å². The number of rotatable bonds is 1. The van der Waals surface area contributed by atoms with Crippen molar-refractivity contribution in [3.05, 3.63) is 23.8 Å². The molecule has 4 heteroatoms. The quantitative estimate of drug-likeness (QED) is 0.619. The molecule has 1 heterocycles. The van der Waals surface area contributed by atoms with Crippen LogP contribution in [0.25, 0.3) is 0 Å². The Kier molecular flexibility index (Phi) is 1.48. The zero-order chi connectivity index (χ0) is 8.55. The first kappa shape index (κ1) is 7.12. The lowest BCUT2D eigenvalue weighted by Crippen LogP contribution is -2.15. The van der Waals surface area contributed by atoms with Crippen molar-refractivity contribution in [1.29, 1.82) is 0 Å². The number of aliphatic hydroxyl groups excluding tert-OH is 1. The molecule has 62 valence electrons. The van der Waals surface area contributed by atoms with E-state index >= 15 is 0 Å². The van der Waals surface area contributed by atoms with Gasteiger partial charge in [0.15, 0.2) is 17.8 Å². The third kappa shape index (κ3) is 0.931. The number of carbonyl (C=O) groups excluding carboxylic acids is 1. The lowest BCUT2D eigenvalue weighted by atomic mass is 10.2. The van der Waals surface area contributed by atoms with E-state index in [0.29, 0.717) is 23.3 Å². The minimum Gasteiger partial charge on any atom is -0.428 e. The van der Waals surface area contributed by atoms with Gasteiger partial charge >= 0.3 is 6.48 Å². The summed E-state index contributed by atoms with van der Waals surface area (Å²) in [6, 6.07) is 4.87. The highest BCUT2D eigenvalue weighted by Gasteiger charge is 2.23. The summed E-state index contributed by atoms with van der Waals surface area (Å²) in [5, 5.41) is 8.91. The van der Waals surface area contributed by atoms with Gasteiger partial charge in [-0.15, -0.1) is 0 Å². The molecule has 0 bridgehead atoms. The van der Waals surface area contributed by atoms with Crippen LogP contribution in [0.3, 0.4) is 0 Å². The van der Waals surface area contributed by atoms with Crippen LogP contribution in [0.15, 0.2) is 18.2 Å². The number of aldehydes is 1. The molecule has 1 atom stereocenters. The fourth-order valence-electron chi connectivity index (χ4n) is 1.08. The molecule has 0 fully saturated rings. The summed E-state index contributed by atoms with van der Waals surface area (Å²) in [4.78, 5) is 10.5. The number of hydrogen-bond donors (Lipinski definition) is 1. The summed E-state index contributed by atoms with van der Waals surface area (Å²) >= 11 is 0. The number of ether oxygens (including phenoxy) is 2. The van der Waals surface area contributed by atoms with E-state index in [-0.39, 0.29) is 0 Å². The van der Waals surface area contributed by atoms with Crippen molar-refractivity contribution in [2.45, 2.75) is 6.48 Å². The third-order valence-corrected chi connectivity index (χ3v) is 1.58. The highest BCUT2D eigenvalue weighted by molar-refractivity contribution is 5.81. The minimum atomic E-state index is -1.29. The predicted octanol–water partition coefficient (Wildman–Crippen LogP) is 0.546. The van der Waals surface area contributed by atoms with Crippen LogP contribution < -0.4 is 9.47 Å². The lowest BCUT2D eigenvalue weighted by molar-refractivity contribution is -0.133. The number of benzene rings is 1. The maximum Gasteiger partial charge on any atom is 0.358 e. The van der Waals surface area contributed by atoms with E-state index in [9.17, 15) is 4.79 Å². The molecule has 1 aliphatic rings. The Morgan fingerprint density at radius 2 is 2.25 bits per heavy atom.